The minimum Gasteiger partial charge on any atom is -0.350 e. The molecule has 0 atom stereocenters. The molecule has 0 fully saturated rings. The van der Waals surface area contributed by atoms with Crippen molar-refractivity contribution in [2.24, 2.45) is 0 Å². The first-order valence-electron chi connectivity index (χ1n) is 7.44. The van der Waals surface area contributed by atoms with E-state index in [2.05, 4.69) is 10.6 Å². The second-order valence-electron chi connectivity index (χ2n) is 5.58. The SMILES string of the molecule is CC(C)NC(=O)c1ccc(Cl)c(NC(=O)c2cccc([N+](=O)[O-])c2)c1. The first kappa shape index (κ1) is 18.4. The topological polar surface area (TPSA) is 101 Å². The minimum atomic E-state index is -0.583. The van der Waals surface area contributed by atoms with E-state index in [4.69, 9.17) is 11.6 Å². The van der Waals surface area contributed by atoms with Crippen molar-refractivity contribution in [3.8, 4) is 0 Å². The van der Waals surface area contributed by atoms with Crippen molar-refractivity contribution in [2.45, 2.75) is 19.9 Å². The molecule has 0 aliphatic carbocycles. The van der Waals surface area contributed by atoms with Gasteiger partial charge in [0.2, 0.25) is 0 Å². The molecule has 2 aromatic carbocycles. The van der Waals surface area contributed by atoms with E-state index in [1.54, 1.807) is 6.07 Å². The van der Waals surface area contributed by atoms with Gasteiger partial charge >= 0.3 is 0 Å². The van der Waals surface area contributed by atoms with Crippen LogP contribution in [-0.4, -0.2) is 22.8 Å². The van der Waals surface area contributed by atoms with Gasteiger partial charge in [-0.3, -0.25) is 19.7 Å². The standard InChI is InChI=1S/C17H16ClN3O4/c1-10(2)19-16(22)12-6-7-14(18)15(9-12)20-17(23)11-4-3-5-13(8-11)21(24)25/h3-10H,1-2H3,(H,19,22)(H,20,23). The van der Waals surface area contributed by atoms with Crippen molar-refractivity contribution < 1.29 is 14.5 Å². The molecule has 130 valence electrons. The van der Waals surface area contributed by atoms with E-state index in [1.165, 1.54) is 36.4 Å². The van der Waals surface area contributed by atoms with Crippen molar-refractivity contribution >= 4 is 34.8 Å². The number of halogens is 1. The van der Waals surface area contributed by atoms with Crippen LogP contribution in [0.15, 0.2) is 42.5 Å². The van der Waals surface area contributed by atoms with Crippen LogP contribution in [0.2, 0.25) is 5.02 Å². The molecule has 0 bridgehead atoms. The number of non-ortho nitro benzene ring substituents is 1. The third-order valence-electron chi connectivity index (χ3n) is 3.22. The number of hydrogen-bond donors (Lipinski definition) is 2. The summed E-state index contributed by atoms with van der Waals surface area (Å²) in [4.78, 5) is 34.6. The summed E-state index contributed by atoms with van der Waals surface area (Å²) in [6, 6.07) is 9.79. The van der Waals surface area contributed by atoms with Gasteiger partial charge in [0, 0.05) is 29.3 Å². The molecular weight excluding hydrogens is 346 g/mol. The van der Waals surface area contributed by atoms with Gasteiger partial charge < -0.3 is 10.6 Å². The minimum absolute atomic E-state index is 0.0360. The Hall–Kier alpha value is -2.93. The lowest BCUT2D eigenvalue weighted by Crippen LogP contribution is -2.30. The monoisotopic (exact) mass is 361 g/mol. The van der Waals surface area contributed by atoms with Gasteiger partial charge in [0.05, 0.1) is 15.6 Å². The van der Waals surface area contributed by atoms with E-state index in [-0.39, 0.29) is 33.9 Å². The number of carbonyl (C=O) groups is 2. The lowest BCUT2D eigenvalue weighted by molar-refractivity contribution is -0.384. The van der Waals surface area contributed by atoms with Crippen LogP contribution in [-0.2, 0) is 0 Å². The molecule has 2 N–H and O–H groups in total. The Kier molecular flexibility index (Phi) is 5.71. The number of hydrogen-bond acceptors (Lipinski definition) is 4. The zero-order chi connectivity index (χ0) is 18.6. The summed E-state index contributed by atoms with van der Waals surface area (Å²) in [5, 5.41) is 16.4. The first-order chi connectivity index (χ1) is 11.8. The lowest BCUT2D eigenvalue weighted by Gasteiger charge is -2.11. The predicted octanol–water partition coefficient (Wildman–Crippen LogP) is 3.64. The molecule has 2 amide bonds. The first-order valence-corrected chi connectivity index (χ1v) is 7.82. The predicted molar refractivity (Wildman–Crippen MR) is 95.1 cm³/mol. The maximum Gasteiger partial charge on any atom is 0.270 e. The molecule has 7 nitrogen and oxygen atoms in total. The van der Waals surface area contributed by atoms with Gasteiger partial charge in [0.25, 0.3) is 17.5 Å². The van der Waals surface area contributed by atoms with Gasteiger partial charge in [-0.1, -0.05) is 17.7 Å². The van der Waals surface area contributed by atoms with E-state index in [1.807, 2.05) is 13.8 Å². The molecule has 0 unspecified atom stereocenters. The fourth-order valence-electron chi connectivity index (χ4n) is 2.06. The Morgan fingerprint density at radius 2 is 1.76 bits per heavy atom. The molecular formula is C17H16ClN3O4. The van der Waals surface area contributed by atoms with Crippen LogP contribution in [0.5, 0.6) is 0 Å². The van der Waals surface area contributed by atoms with Gasteiger partial charge in [-0.05, 0) is 38.1 Å². The Bertz CT molecular complexity index is 836. The number of nitro groups is 1. The summed E-state index contributed by atoms with van der Waals surface area (Å²) >= 11 is 6.07. The third-order valence-corrected chi connectivity index (χ3v) is 3.55. The van der Waals surface area contributed by atoms with Crippen LogP contribution < -0.4 is 10.6 Å². The zero-order valence-corrected chi connectivity index (χ0v) is 14.3. The second kappa shape index (κ2) is 7.76. The average Bonchev–Trinajstić information content (AvgIpc) is 2.56. The fraction of sp³-hybridized carbons (Fsp3) is 0.176. The van der Waals surface area contributed by atoms with Crippen LogP contribution in [0.1, 0.15) is 34.6 Å². The molecule has 8 heteroatoms. The largest absolute Gasteiger partial charge is 0.350 e. The third kappa shape index (κ3) is 4.77. The van der Waals surface area contributed by atoms with Gasteiger partial charge in [-0.2, -0.15) is 0 Å². The van der Waals surface area contributed by atoms with E-state index in [0.717, 1.165) is 0 Å². The van der Waals surface area contributed by atoms with Crippen molar-refractivity contribution in [3.63, 3.8) is 0 Å². The van der Waals surface area contributed by atoms with Gasteiger partial charge in [0.15, 0.2) is 0 Å². The molecule has 0 heterocycles. The van der Waals surface area contributed by atoms with Crippen LogP contribution >= 0.6 is 11.6 Å². The number of benzene rings is 2. The van der Waals surface area contributed by atoms with Crippen molar-refractivity contribution in [2.75, 3.05) is 5.32 Å². The number of nitrogens with zero attached hydrogens (tertiary/aromatic N) is 1. The zero-order valence-electron chi connectivity index (χ0n) is 13.6. The smallest absolute Gasteiger partial charge is 0.270 e. The highest BCUT2D eigenvalue weighted by Crippen LogP contribution is 2.24. The quantitative estimate of drug-likeness (QED) is 0.627. The molecule has 0 aliphatic heterocycles. The summed E-state index contributed by atoms with van der Waals surface area (Å²) in [7, 11) is 0. The molecule has 0 aliphatic rings. The van der Waals surface area contributed by atoms with Crippen LogP contribution in [0.3, 0.4) is 0 Å². The Morgan fingerprint density at radius 3 is 2.40 bits per heavy atom. The van der Waals surface area contributed by atoms with E-state index in [0.29, 0.717) is 5.56 Å². The summed E-state index contributed by atoms with van der Waals surface area (Å²) in [6.07, 6.45) is 0. The Labute approximate surface area is 149 Å². The van der Waals surface area contributed by atoms with E-state index in [9.17, 15) is 19.7 Å². The van der Waals surface area contributed by atoms with Gasteiger partial charge in [0.1, 0.15) is 0 Å². The number of rotatable bonds is 5. The highest BCUT2D eigenvalue weighted by Gasteiger charge is 2.15. The summed E-state index contributed by atoms with van der Waals surface area (Å²) in [5.41, 5.74) is 0.508. The van der Waals surface area contributed by atoms with Gasteiger partial charge in [-0.15, -0.1) is 0 Å². The normalized spacial score (nSPS) is 10.4. The molecule has 25 heavy (non-hydrogen) atoms. The number of amides is 2. The number of anilines is 1. The molecule has 0 spiro atoms. The number of nitrogens with one attached hydrogen (secondary N) is 2. The summed E-state index contributed by atoms with van der Waals surface area (Å²) < 4.78 is 0. The molecule has 0 saturated carbocycles. The van der Waals surface area contributed by atoms with Crippen molar-refractivity contribution in [1.29, 1.82) is 0 Å². The average molecular weight is 362 g/mol. The van der Waals surface area contributed by atoms with Crippen LogP contribution in [0, 0.1) is 10.1 Å². The Morgan fingerprint density at radius 1 is 1.08 bits per heavy atom. The maximum absolute atomic E-state index is 12.3. The van der Waals surface area contributed by atoms with Crippen LogP contribution in [0.25, 0.3) is 0 Å². The van der Waals surface area contributed by atoms with E-state index >= 15 is 0 Å². The summed E-state index contributed by atoms with van der Waals surface area (Å²) in [6.45, 7) is 3.66. The molecule has 2 aromatic rings. The molecule has 0 aromatic heterocycles. The highest BCUT2D eigenvalue weighted by atomic mass is 35.5. The Balaban J connectivity index is 2.24. The molecule has 0 radical (unpaired) electrons. The van der Waals surface area contributed by atoms with Crippen LogP contribution in [0.4, 0.5) is 11.4 Å². The van der Waals surface area contributed by atoms with E-state index < -0.39 is 10.8 Å². The fourth-order valence-corrected chi connectivity index (χ4v) is 2.23. The number of carbonyl (C=O) groups excluding carboxylic acids is 2. The van der Waals surface area contributed by atoms with Gasteiger partial charge in [-0.25, -0.2) is 0 Å². The van der Waals surface area contributed by atoms with Crippen molar-refractivity contribution in [1.82, 2.24) is 5.32 Å². The van der Waals surface area contributed by atoms with Crippen molar-refractivity contribution in [3.05, 3.63) is 68.7 Å². The lowest BCUT2D eigenvalue weighted by atomic mass is 10.1. The number of nitro benzene ring substituents is 1. The molecule has 0 saturated heterocycles. The highest BCUT2D eigenvalue weighted by molar-refractivity contribution is 6.34. The summed E-state index contributed by atoms with van der Waals surface area (Å²) in [5.74, 6) is -0.857. The molecule has 2 rings (SSSR count). The second-order valence-corrected chi connectivity index (χ2v) is 5.99. The maximum atomic E-state index is 12.3.